The second kappa shape index (κ2) is 9.60. The fourth-order valence-corrected chi connectivity index (χ4v) is 5.50. The molecule has 7 rings (SSSR count). The third kappa shape index (κ3) is 3.91. The van der Waals surface area contributed by atoms with Gasteiger partial charge in [-0.3, -0.25) is 19.4 Å². The van der Waals surface area contributed by atoms with Crippen LogP contribution in [-0.2, 0) is 11.3 Å². The molecule has 0 fully saturated rings. The number of hydrogen-bond donors (Lipinski definition) is 0. The molecule has 2 aliphatic heterocycles. The van der Waals surface area contributed by atoms with Gasteiger partial charge in [0, 0.05) is 22.7 Å². The molecular weight excluding hydrogens is 519 g/mol. The summed E-state index contributed by atoms with van der Waals surface area (Å²) in [6.45, 7) is 0.0386. The quantitative estimate of drug-likeness (QED) is 0.287. The van der Waals surface area contributed by atoms with E-state index in [2.05, 4.69) is 4.98 Å². The molecule has 0 saturated heterocycles. The van der Waals surface area contributed by atoms with Crippen LogP contribution in [0.15, 0.2) is 114 Å². The molecule has 3 heterocycles. The van der Waals surface area contributed by atoms with Crippen molar-refractivity contribution in [3.05, 3.63) is 143 Å². The molecule has 198 valence electrons. The highest BCUT2D eigenvalue weighted by atomic mass is 19.1. The molecule has 0 saturated carbocycles. The van der Waals surface area contributed by atoms with Crippen molar-refractivity contribution in [2.45, 2.75) is 12.7 Å². The maximum absolute atomic E-state index is 15.3. The number of carbonyl (C=O) groups is 3. The van der Waals surface area contributed by atoms with Crippen molar-refractivity contribution in [1.29, 1.82) is 0 Å². The fraction of sp³-hybridized carbons (Fsp3) is 0.0606. The molecule has 0 radical (unpaired) electrons. The molecule has 4 aromatic carbocycles. The van der Waals surface area contributed by atoms with Gasteiger partial charge in [0.15, 0.2) is 0 Å². The number of rotatable bonds is 4. The lowest BCUT2D eigenvalue weighted by Crippen LogP contribution is -2.49. The van der Waals surface area contributed by atoms with Crippen molar-refractivity contribution in [3.63, 3.8) is 0 Å². The number of benzene rings is 4. The van der Waals surface area contributed by atoms with E-state index >= 15 is 4.39 Å². The number of aliphatic imine (C=N–C) groups is 1. The van der Waals surface area contributed by atoms with Crippen molar-refractivity contribution in [3.8, 4) is 0 Å². The van der Waals surface area contributed by atoms with Crippen LogP contribution in [0.25, 0.3) is 10.8 Å². The minimum absolute atomic E-state index is 0.0386. The predicted molar refractivity (Wildman–Crippen MR) is 152 cm³/mol. The number of para-hydroxylation sites is 1. The van der Waals surface area contributed by atoms with Crippen LogP contribution in [0.4, 0.5) is 10.1 Å². The van der Waals surface area contributed by atoms with Crippen LogP contribution >= 0.6 is 0 Å². The Morgan fingerprint density at radius 3 is 2.02 bits per heavy atom. The Bertz CT molecular complexity index is 1900. The molecule has 0 spiro atoms. The first-order chi connectivity index (χ1) is 20.0. The molecule has 0 N–H and O–H groups in total. The van der Waals surface area contributed by atoms with Crippen LogP contribution in [0.1, 0.15) is 37.5 Å². The summed E-state index contributed by atoms with van der Waals surface area (Å²) in [5, 5.41) is 1.81. The standard InChI is InChI=1S/C33H21FN4O3/c34-26-15-7-5-13-24(26)29-25-14-6-8-16-28(25)37(19-27-21-10-2-1-9-20(21)17-18-35-27)33(41)30(36-29)38-31(39)22-11-3-4-12-23(22)32(38)40/h1-18,30H,19H2. The van der Waals surface area contributed by atoms with Crippen LogP contribution < -0.4 is 4.90 Å². The molecule has 8 heteroatoms. The number of pyridine rings is 1. The van der Waals surface area contributed by atoms with E-state index in [9.17, 15) is 14.4 Å². The summed E-state index contributed by atoms with van der Waals surface area (Å²) in [4.78, 5) is 53.3. The van der Waals surface area contributed by atoms with Gasteiger partial charge in [0.1, 0.15) is 5.82 Å². The lowest BCUT2D eigenvalue weighted by atomic mass is 9.99. The Morgan fingerprint density at radius 1 is 0.683 bits per heavy atom. The number of imide groups is 1. The molecule has 1 aromatic heterocycles. The normalized spacial score (nSPS) is 16.5. The van der Waals surface area contributed by atoms with Crippen molar-refractivity contribution in [1.82, 2.24) is 9.88 Å². The van der Waals surface area contributed by atoms with Gasteiger partial charge in [-0.1, -0.05) is 66.7 Å². The van der Waals surface area contributed by atoms with Crippen LogP contribution in [0.3, 0.4) is 0 Å². The van der Waals surface area contributed by atoms with Crippen molar-refractivity contribution < 1.29 is 18.8 Å². The van der Waals surface area contributed by atoms with Crippen molar-refractivity contribution in [2.75, 3.05) is 4.90 Å². The maximum atomic E-state index is 15.3. The number of amides is 3. The summed E-state index contributed by atoms with van der Waals surface area (Å²) < 4.78 is 15.3. The van der Waals surface area contributed by atoms with Gasteiger partial charge in [0.2, 0.25) is 6.17 Å². The second-order valence-electron chi connectivity index (χ2n) is 9.78. The van der Waals surface area contributed by atoms with Crippen LogP contribution in [0, 0.1) is 5.82 Å². The summed E-state index contributed by atoms with van der Waals surface area (Å²) >= 11 is 0. The number of nitrogens with zero attached hydrogens (tertiary/aromatic N) is 4. The first-order valence-corrected chi connectivity index (χ1v) is 13.1. The fourth-order valence-electron chi connectivity index (χ4n) is 5.50. The van der Waals surface area contributed by atoms with Crippen LogP contribution in [0.2, 0.25) is 0 Å². The number of carbonyl (C=O) groups excluding carboxylic acids is 3. The highest BCUT2D eigenvalue weighted by Gasteiger charge is 2.46. The Balaban J connectivity index is 1.44. The Labute approximate surface area is 234 Å². The lowest BCUT2D eigenvalue weighted by molar-refractivity contribution is -0.122. The SMILES string of the molecule is O=C1C(N2C(=O)c3ccccc3C2=O)N=C(c2ccccc2F)c2ccccc2N1Cc1nccc2ccccc12. The van der Waals surface area contributed by atoms with Gasteiger partial charge >= 0.3 is 0 Å². The van der Waals surface area contributed by atoms with E-state index in [1.54, 1.807) is 72.9 Å². The van der Waals surface area contributed by atoms with Gasteiger partial charge in [-0.15, -0.1) is 0 Å². The Hall–Kier alpha value is -5.50. The Kier molecular flexibility index (Phi) is 5.75. The summed E-state index contributed by atoms with van der Waals surface area (Å²) in [5.41, 5.74) is 2.29. The number of halogens is 1. The largest absolute Gasteiger partial charge is 0.302 e. The summed E-state index contributed by atoms with van der Waals surface area (Å²) in [6.07, 6.45) is 0.105. The van der Waals surface area contributed by atoms with E-state index in [4.69, 9.17) is 4.99 Å². The van der Waals surface area contributed by atoms with Gasteiger partial charge in [0.05, 0.1) is 34.8 Å². The average Bonchev–Trinajstić information content (AvgIpc) is 3.19. The van der Waals surface area contributed by atoms with E-state index in [0.29, 0.717) is 16.9 Å². The highest BCUT2D eigenvalue weighted by Crippen LogP contribution is 2.34. The van der Waals surface area contributed by atoms with E-state index < -0.39 is 29.7 Å². The number of anilines is 1. The molecule has 0 aliphatic carbocycles. The van der Waals surface area contributed by atoms with E-state index in [-0.39, 0.29) is 28.9 Å². The smallest absolute Gasteiger partial charge is 0.273 e. The van der Waals surface area contributed by atoms with E-state index in [1.807, 2.05) is 30.3 Å². The van der Waals surface area contributed by atoms with Crippen LogP contribution in [0.5, 0.6) is 0 Å². The molecule has 0 bridgehead atoms. The third-order valence-electron chi connectivity index (χ3n) is 7.45. The molecule has 5 aromatic rings. The predicted octanol–water partition coefficient (Wildman–Crippen LogP) is 5.38. The second-order valence-corrected chi connectivity index (χ2v) is 9.78. The monoisotopic (exact) mass is 540 g/mol. The lowest BCUT2D eigenvalue weighted by Gasteiger charge is -2.28. The zero-order valence-corrected chi connectivity index (χ0v) is 21.6. The zero-order chi connectivity index (χ0) is 28.1. The topological polar surface area (TPSA) is 82.9 Å². The molecule has 41 heavy (non-hydrogen) atoms. The summed E-state index contributed by atoms with van der Waals surface area (Å²) in [5.74, 6) is -2.41. The zero-order valence-electron chi connectivity index (χ0n) is 21.6. The van der Waals surface area contributed by atoms with Gasteiger partial charge in [-0.05, 0) is 41.8 Å². The first kappa shape index (κ1) is 24.5. The molecule has 1 unspecified atom stereocenters. The minimum Gasteiger partial charge on any atom is -0.302 e. The summed E-state index contributed by atoms with van der Waals surface area (Å²) in [7, 11) is 0. The van der Waals surface area contributed by atoms with Gasteiger partial charge in [0.25, 0.3) is 17.7 Å². The number of aromatic nitrogens is 1. The minimum atomic E-state index is -1.57. The Morgan fingerprint density at radius 2 is 1.29 bits per heavy atom. The van der Waals surface area contributed by atoms with Crippen LogP contribution in [-0.4, -0.2) is 39.5 Å². The van der Waals surface area contributed by atoms with Gasteiger partial charge in [-0.25, -0.2) is 14.3 Å². The molecule has 7 nitrogen and oxygen atoms in total. The van der Waals surface area contributed by atoms with E-state index in [1.165, 1.54) is 11.0 Å². The number of fused-ring (bicyclic) bond motifs is 3. The first-order valence-electron chi connectivity index (χ1n) is 13.1. The van der Waals surface area contributed by atoms with Gasteiger partial charge in [-0.2, -0.15) is 0 Å². The molecule has 3 amide bonds. The maximum Gasteiger partial charge on any atom is 0.273 e. The van der Waals surface area contributed by atoms with E-state index in [0.717, 1.165) is 15.7 Å². The average molecular weight is 541 g/mol. The van der Waals surface area contributed by atoms with Gasteiger partial charge < -0.3 is 4.90 Å². The van der Waals surface area contributed by atoms with Crippen molar-refractivity contribution in [2.24, 2.45) is 4.99 Å². The molecule has 1 atom stereocenters. The molecular formula is C33H21FN4O3. The third-order valence-corrected chi connectivity index (χ3v) is 7.45. The summed E-state index contributed by atoms with van der Waals surface area (Å²) in [6, 6.07) is 29.2. The highest BCUT2D eigenvalue weighted by molar-refractivity contribution is 6.25. The number of hydrogen-bond acceptors (Lipinski definition) is 5. The van der Waals surface area contributed by atoms with Crippen molar-refractivity contribution >= 4 is 39.9 Å². The number of benzodiazepines with no additional fused rings is 1. The molecule has 2 aliphatic rings.